The molecule has 1 saturated carbocycles. The third kappa shape index (κ3) is 2.86. The zero-order chi connectivity index (χ0) is 10.8. The third-order valence-electron chi connectivity index (χ3n) is 2.82. The average Bonchev–Trinajstić information content (AvgIpc) is 3.02. The van der Waals surface area contributed by atoms with Crippen LogP contribution in [0.15, 0.2) is 18.2 Å². The lowest BCUT2D eigenvalue weighted by molar-refractivity contribution is 0.496. The fourth-order valence-electron chi connectivity index (χ4n) is 1.91. The standard InChI is InChI=1S/C12H15ClIN/c1-2-15-12(8-3-4-8)9-5-6-11(14)10(13)7-9/h5-8,12,15H,2-4H2,1H3. The van der Waals surface area contributed by atoms with Gasteiger partial charge in [-0.1, -0.05) is 24.6 Å². The summed E-state index contributed by atoms with van der Waals surface area (Å²) in [6.07, 6.45) is 2.70. The van der Waals surface area contributed by atoms with Crippen LogP contribution < -0.4 is 5.32 Å². The summed E-state index contributed by atoms with van der Waals surface area (Å²) in [7, 11) is 0. The fourth-order valence-corrected chi connectivity index (χ4v) is 2.44. The molecule has 0 radical (unpaired) electrons. The van der Waals surface area contributed by atoms with Gasteiger partial charge >= 0.3 is 0 Å². The second kappa shape index (κ2) is 5.02. The minimum atomic E-state index is 0.504. The molecule has 82 valence electrons. The topological polar surface area (TPSA) is 12.0 Å². The highest BCUT2D eigenvalue weighted by Gasteiger charge is 2.31. The first-order valence-corrected chi connectivity index (χ1v) is 6.86. The molecule has 0 aliphatic heterocycles. The molecule has 0 heterocycles. The van der Waals surface area contributed by atoms with Crippen molar-refractivity contribution < 1.29 is 0 Å². The SMILES string of the molecule is CCNC(c1ccc(I)c(Cl)c1)C1CC1. The van der Waals surface area contributed by atoms with Crippen LogP contribution >= 0.6 is 34.2 Å². The Kier molecular flexibility index (Phi) is 3.91. The monoisotopic (exact) mass is 335 g/mol. The van der Waals surface area contributed by atoms with Crippen molar-refractivity contribution in [2.24, 2.45) is 5.92 Å². The van der Waals surface area contributed by atoms with Gasteiger partial charge in [-0.2, -0.15) is 0 Å². The molecule has 1 aromatic carbocycles. The molecule has 2 rings (SSSR count). The van der Waals surface area contributed by atoms with E-state index in [9.17, 15) is 0 Å². The van der Waals surface area contributed by atoms with Crippen molar-refractivity contribution in [1.29, 1.82) is 0 Å². The van der Waals surface area contributed by atoms with E-state index in [4.69, 9.17) is 11.6 Å². The van der Waals surface area contributed by atoms with Gasteiger partial charge in [0.2, 0.25) is 0 Å². The fraction of sp³-hybridized carbons (Fsp3) is 0.500. The maximum atomic E-state index is 6.15. The Bertz CT molecular complexity index is 349. The zero-order valence-corrected chi connectivity index (χ0v) is 11.7. The van der Waals surface area contributed by atoms with Gasteiger partial charge in [0.25, 0.3) is 0 Å². The summed E-state index contributed by atoms with van der Waals surface area (Å²) in [5, 5.41) is 4.42. The lowest BCUT2D eigenvalue weighted by atomic mass is 10.0. The predicted octanol–water partition coefficient (Wildman–Crippen LogP) is 4.01. The van der Waals surface area contributed by atoms with Crippen LogP contribution in [0.2, 0.25) is 5.02 Å². The summed E-state index contributed by atoms with van der Waals surface area (Å²) in [6, 6.07) is 6.91. The van der Waals surface area contributed by atoms with Crippen molar-refractivity contribution in [2.75, 3.05) is 6.54 Å². The molecule has 1 atom stereocenters. The summed E-state index contributed by atoms with van der Waals surface area (Å²) >= 11 is 8.41. The Hall–Kier alpha value is 0.200. The Morgan fingerprint density at radius 2 is 2.27 bits per heavy atom. The maximum Gasteiger partial charge on any atom is 0.0542 e. The van der Waals surface area contributed by atoms with Gasteiger partial charge in [-0.15, -0.1) is 0 Å². The quantitative estimate of drug-likeness (QED) is 0.820. The first-order valence-electron chi connectivity index (χ1n) is 5.40. The number of rotatable bonds is 4. The number of hydrogen-bond acceptors (Lipinski definition) is 1. The van der Waals surface area contributed by atoms with Gasteiger partial charge < -0.3 is 5.32 Å². The summed E-state index contributed by atoms with van der Waals surface area (Å²) in [4.78, 5) is 0. The first-order chi connectivity index (χ1) is 7.22. The Labute approximate surface area is 110 Å². The maximum absolute atomic E-state index is 6.15. The van der Waals surface area contributed by atoms with Gasteiger partial charge in [0.15, 0.2) is 0 Å². The van der Waals surface area contributed by atoms with Crippen LogP contribution in [-0.2, 0) is 0 Å². The van der Waals surface area contributed by atoms with E-state index in [2.05, 4.69) is 53.0 Å². The van der Waals surface area contributed by atoms with Crippen LogP contribution in [0.1, 0.15) is 31.4 Å². The molecule has 0 amide bonds. The molecule has 1 N–H and O–H groups in total. The molecular formula is C12H15ClIN. The largest absolute Gasteiger partial charge is 0.310 e. The lowest BCUT2D eigenvalue weighted by Gasteiger charge is -2.18. The third-order valence-corrected chi connectivity index (χ3v) is 4.39. The first kappa shape index (κ1) is 11.7. The summed E-state index contributed by atoms with van der Waals surface area (Å²) < 4.78 is 1.13. The van der Waals surface area contributed by atoms with Crippen molar-refractivity contribution in [3.8, 4) is 0 Å². The highest BCUT2D eigenvalue weighted by Crippen LogP contribution is 2.41. The molecule has 0 bridgehead atoms. The van der Waals surface area contributed by atoms with Gasteiger partial charge in [0, 0.05) is 9.61 Å². The van der Waals surface area contributed by atoms with Crippen LogP contribution in [0, 0.1) is 9.49 Å². The van der Waals surface area contributed by atoms with Gasteiger partial charge in [-0.3, -0.25) is 0 Å². The molecule has 0 aromatic heterocycles. The second-order valence-electron chi connectivity index (χ2n) is 4.05. The van der Waals surface area contributed by atoms with E-state index in [-0.39, 0.29) is 0 Å². The molecule has 15 heavy (non-hydrogen) atoms. The van der Waals surface area contributed by atoms with E-state index in [0.717, 1.165) is 21.1 Å². The van der Waals surface area contributed by atoms with Crippen molar-refractivity contribution in [2.45, 2.75) is 25.8 Å². The molecule has 1 aliphatic carbocycles. The Morgan fingerprint density at radius 3 is 2.80 bits per heavy atom. The molecule has 0 saturated heterocycles. The summed E-state index contributed by atoms with van der Waals surface area (Å²) in [5.41, 5.74) is 1.34. The van der Waals surface area contributed by atoms with Crippen molar-refractivity contribution in [3.63, 3.8) is 0 Å². The molecule has 1 aliphatic rings. The molecular weight excluding hydrogens is 320 g/mol. The van der Waals surface area contributed by atoms with E-state index in [0.29, 0.717) is 6.04 Å². The van der Waals surface area contributed by atoms with Crippen molar-refractivity contribution in [3.05, 3.63) is 32.4 Å². The molecule has 1 nitrogen and oxygen atoms in total. The Balaban J connectivity index is 2.21. The van der Waals surface area contributed by atoms with Gasteiger partial charge in [0.1, 0.15) is 0 Å². The van der Waals surface area contributed by atoms with E-state index >= 15 is 0 Å². The lowest BCUT2D eigenvalue weighted by Crippen LogP contribution is -2.22. The second-order valence-corrected chi connectivity index (χ2v) is 5.62. The number of hydrogen-bond donors (Lipinski definition) is 1. The van der Waals surface area contributed by atoms with E-state index in [1.807, 2.05) is 0 Å². The van der Waals surface area contributed by atoms with E-state index < -0.39 is 0 Å². The van der Waals surface area contributed by atoms with Crippen LogP contribution in [0.4, 0.5) is 0 Å². The molecule has 3 heteroatoms. The van der Waals surface area contributed by atoms with Crippen LogP contribution in [0.25, 0.3) is 0 Å². The highest BCUT2D eigenvalue weighted by atomic mass is 127. The minimum absolute atomic E-state index is 0.504. The number of halogens is 2. The van der Waals surface area contributed by atoms with Gasteiger partial charge in [0.05, 0.1) is 5.02 Å². The van der Waals surface area contributed by atoms with Gasteiger partial charge in [-0.05, 0) is 65.6 Å². The van der Waals surface area contributed by atoms with Crippen LogP contribution in [0.5, 0.6) is 0 Å². The van der Waals surface area contributed by atoms with Crippen LogP contribution in [-0.4, -0.2) is 6.54 Å². The van der Waals surface area contributed by atoms with Gasteiger partial charge in [-0.25, -0.2) is 0 Å². The highest BCUT2D eigenvalue weighted by molar-refractivity contribution is 14.1. The zero-order valence-electron chi connectivity index (χ0n) is 8.76. The average molecular weight is 336 g/mol. The summed E-state index contributed by atoms with van der Waals surface area (Å²) in [6.45, 7) is 3.18. The molecule has 0 spiro atoms. The molecule has 1 fully saturated rings. The normalized spacial score (nSPS) is 17.8. The van der Waals surface area contributed by atoms with Crippen molar-refractivity contribution in [1.82, 2.24) is 5.32 Å². The smallest absolute Gasteiger partial charge is 0.0542 e. The van der Waals surface area contributed by atoms with Crippen LogP contribution in [0.3, 0.4) is 0 Å². The molecule has 1 unspecified atom stereocenters. The molecule has 1 aromatic rings. The van der Waals surface area contributed by atoms with Crippen molar-refractivity contribution >= 4 is 34.2 Å². The number of nitrogens with one attached hydrogen (secondary N) is 1. The van der Waals surface area contributed by atoms with E-state index in [1.54, 1.807) is 0 Å². The predicted molar refractivity (Wildman–Crippen MR) is 73.3 cm³/mol. The number of benzene rings is 1. The minimum Gasteiger partial charge on any atom is -0.310 e. The van der Waals surface area contributed by atoms with E-state index in [1.165, 1.54) is 18.4 Å². The Morgan fingerprint density at radius 1 is 1.53 bits per heavy atom. The summed E-state index contributed by atoms with van der Waals surface area (Å²) in [5.74, 6) is 0.820.